The van der Waals surface area contributed by atoms with Crippen LogP contribution in [0.4, 0.5) is 0 Å². The number of hydrogen-bond donors (Lipinski definition) is 1. The van der Waals surface area contributed by atoms with Crippen LogP contribution in [0, 0.1) is 5.92 Å². The van der Waals surface area contributed by atoms with Crippen LogP contribution < -0.4 is 0 Å². The van der Waals surface area contributed by atoms with Gasteiger partial charge in [-0.25, -0.2) is 0 Å². The summed E-state index contributed by atoms with van der Waals surface area (Å²) in [5.41, 5.74) is 2.34. The molecular weight excluding hydrogens is 220 g/mol. The molecule has 0 bridgehead atoms. The lowest BCUT2D eigenvalue weighted by atomic mass is 9.93. The zero-order chi connectivity index (χ0) is 13.4. The van der Waals surface area contributed by atoms with Crippen LogP contribution in [-0.2, 0) is 0 Å². The lowest BCUT2D eigenvalue weighted by Crippen LogP contribution is -2.05. The minimum absolute atomic E-state index is 0.371. The van der Waals surface area contributed by atoms with Crippen LogP contribution in [0.2, 0.25) is 0 Å². The van der Waals surface area contributed by atoms with Crippen molar-refractivity contribution in [3.05, 3.63) is 60.2 Å². The molecule has 0 spiro atoms. The topological polar surface area (TPSA) is 20.2 Å². The Kier molecular flexibility index (Phi) is 6.45. The third-order valence-corrected chi connectivity index (χ3v) is 3.13. The van der Waals surface area contributed by atoms with Crippen LogP contribution in [0.3, 0.4) is 0 Å². The molecule has 0 aromatic heterocycles. The fourth-order valence-electron chi connectivity index (χ4n) is 2.02. The Morgan fingerprint density at radius 3 is 2.50 bits per heavy atom. The highest BCUT2D eigenvalue weighted by Crippen LogP contribution is 2.24. The van der Waals surface area contributed by atoms with Gasteiger partial charge in [0.15, 0.2) is 0 Å². The van der Waals surface area contributed by atoms with Gasteiger partial charge in [-0.05, 0) is 44.6 Å². The average Bonchev–Trinajstić information content (AvgIpc) is 2.38. The summed E-state index contributed by atoms with van der Waals surface area (Å²) in [6, 6.07) is 9.84. The molecule has 1 aromatic rings. The molecule has 0 fully saturated rings. The molecule has 0 saturated carbocycles. The summed E-state index contributed by atoms with van der Waals surface area (Å²) in [7, 11) is 0. The monoisotopic (exact) mass is 244 g/mol. The standard InChI is InChI=1S/C17H24O/c1-4-15(10-8-9-14(2)3)13-17(18)16-11-6-5-7-12-16/h4-7,9,11-12,15,17-18H,1,8,10,13H2,2-3H3/t15?,17-/m1/s1. The molecule has 0 radical (unpaired) electrons. The normalized spacial score (nSPS) is 13.7. The molecule has 0 saturated heterocycles. The zero-order valence-electron chi connectivity index (χ0n) is 11.5. The van der Waals surface area contributed by atoms with E-state index >= 15 is 0 Å². The van der Waals surface area contributed by atoms with Gasteiger partial charge in [0, 0.05) is 0 Å². The van der Waals surface area contributed by atoms with Crippen molar-refractivity contribution in [3.63, 3.8) is 0 Å². The van der Waals surface area contributed by atoms with Gasteiger partial charge in [-0.15, -0.1) is 6.58 Å². The highest BCUT2D eigenvalue weighted by molar-refractivity contribution is 5.17. The molecule has 98 valence electrons. The number of hydrogen-bond acceptors (Lipinski definition) is 1. The number of allylic oxidation sites excluding steroid dienone is 3. The van der Waals surface area contributed by atoms with Crippen molar-refractivity contribution in [2.45, 2.75) is 39.2 Å². The lowest BCUT2D eigenvalue weighted by Gasteiger charge is -2.17. The third-order valence-electron chi connectivity index (χ3n) is 3.13. The van der Waals surface area contributed by atoms with Crippen molar-refractivity contribution >= 4 is 0 Å². The number of benzene rings is 1. The molecule has 0 aliphatic rings. The second kappa shape index (κ2) is 7.88. The number of rotatable bonds is 7. The van der Waals surface area contributed by atoms with Crippen molar-refractivity contribution in [2.75, 3.05) is 0 Å². The fraction of sp³-hybridized carbons (Fsp3) is 0.412. The summed E-state index contributed by atoms with van der Waals surface area (Å²) in [4.78, 5) is 0. The minimum atomic E-state index is -0.388. The van der Waals surface area contributed by atoms with Gasteiger partial charge in [-0.3, -0.25) is 0 Å². The Morgan fingerprint density at radius 1 is 1.28 bits per heavy atom. The van der Waals surface area contributed by atoms with Gasteiger partial charge in [0.1, 0.15) is 0 Å². The van der Waals surface area contributed by atoms with Gasteiger partial charge >= 0.3 is 0 Å². The molecule has 1 unspecified atom stereocenters. The molecule has 1 rings (SSSR count). The van der Waals surface area contributed by atoms with E-state index in [1.165, 1.54) is 5.57 Å². The van der Waals surface area contributed by atoms with Crippen molar-refractivity contribution in [1.29, 1.82) is 0 Å². The van der Waals surface area contributed by atoms with E-state index in [0.717, 1.165) is 24.8 Å². The van der Waals surface area contributed by atoms with E-state index in [4.69, 9.17) is 0 Å². The molecule has 0 aliphatic heterocycles. The molecule has 18 heavy (non-hydrogen) atoms. The molecule has 0 amide bonds. The summed E-state index contributed by atoms with van der Waals surface area (Å²) < 4.78 is 0. The molecule has 0 aliphatic carbocycles. The molecule has 1 nitrogen and oxygen atoms in total. The highest BCUT2D eigenvalue weighted by atomic mass is 16.3. The van der Waals surface area contributed by atoms with E-state index in [1.54, 1.807) is 0 Å². The van der Waals surface area contributed by atoms with Crippen molar-refractivity contribution in [2.24, 2.45) is 5.92 Å². The van der Waals surface area contributed by atoms with E-state index in [-0.39, 0.29) is 6.10 Å². The lowest BCUT2D eigenvalue weighted by molar-refractivity contribution is 0.151. The first-order valence-electron chi connectivity index (χ1n) is 6.62. The van der Waals surface area contributed by atoms with E-state index in [2.05, 4.69) is 26.5 Å². The van der Waals surface area contributed by atoms with Gasteiger partial charge in [0.05, 0.1) is 6.10 Å². The minimum Gasteiger partial charge on any atom is -0.388 e. The van der Waals surface area contributed by atoms with Gasteiger partial charge < -0.3 is 5.11 Å². The summed E-state index contributed by atoms with van der Waals surface area (Å²) in [5, 5.41) is 10.2. The van der Waals surface area contributed by atoms with Crippen molar-refractivity contribution < 1.29 is 5.11 Å². The SMILES string of the molecule is C=CC(CCC=C(C)C)C[C@@H](O)c1ccccc1. The highest BCUT2D eigenvalue weighted by Gasteiger charge is 2.12. The summed E-state index contributed by atoms with van der Waals surface area (Å²) in [5.74, 6) is 0.371. The van der Waals surface area contributed by atoms with Crippen LogP contribution >= 0.6 is 0 Å². The Balaban J connectivity index is 2.48. The van der Waals surface area contributed by atoms with Crippen LogP contribution in [0.5, 0.6) is 0 Å². The van der Waals surface area contributed by atoms with Crippen LogP contribution in [0.1, 0.15) is 44.8 Å². The van der Waals surface area contributed by atoms with Gasteiger partial charge in [-0.1, -0.05) is 48.1 Å². The quantitative estimate of drug-likeness (QED) is 0.692. The summed E-state index contributed by atoms with van der Waals surface area (Å²) in [6.07, 6.45) is 6.68. The van der Waals surface area contributed by atoms with E-state index < -0.39 is 0 Å². The van der Waals surface area contributed by atoms with Crippen LogP contribution in [-0.4, -0.2) is 5.11 Å². The van der Waals surface area contributed by atoms with Crippen LogP contribution in [0.15, 0.2) is 54.6 Å². The van der Waals surface area contributed by atoms with E-state index in [0.29, 0.717) is 5.92 Å². The molecule has 1 N–H and O–H groups in total. The second-order valence-corrected chi connectivity index (χ2v) is 5.02. The largest absolute Gasteiger partial charge is 0.388 e. The number of aliphatic hydroxyl groups excluding tert-OH is 1. The first-order chi connectivity index (χ1) is 8.63. The fourth-order valence-corrected chi connectivity index (χ4v) is 2.02. The Morgan fingerprint density at radius 2 is 1.94 bits per heavy atom. The molecule has 1 heteroatoms. The Hall–Kier alpha value is -1.34. The number of aliphatic hydroxyl groups is 1. The first kappa shape index (κ1) is 14.7. The predicted molar refractivity (Wildman–Crippen MR) is 78.4 cm³/mol. The van der Waals surface area contributed by atoms with Crippen molar-refractivity contribution in [3.8, 4) is 0 Å². The Labute approximate surface area is 111 Å². The third kappa shape index (κ3) is 5.33. The van der Waals surface area contributed by atoms with Crippen molar-refractivity contribution in [1.82, 2.24) is 0 Å². The van der Waals surface area contributed by atoms with Gasteiger partial charge in [-0.2, -0.15) is 0 Å². The first-order valence-corrected chi connectivity index (χ1v) is 6.62. The van der Waals surface area contributed by atoms with Gasteiger partial charge in [0.25, 0.3) is 0 Å². The van der Waals surface area contributed by atoms with Crippen LogP contribution in [0.25, 0.3) is 0 Å². The average molecular weight is 244 g/mol. The molecule has 0 heterocycles. The molecule has 1 aromatic carbocycles. The Bertz CT molecular complexity index is 374. The maximum atomic E-state index is 10.2. The predicted octanol–water partition coefficient (Wildman–Crippen LogP) is 4.66. The van der Waals surface area contributed by atoms with E-state index in [9.17, 15) is 5.11 Å². The molecule has 2 atom stereocenters. The van der Waals surface area contributed by atoms with E-state index in [1.807, 2.05) is 36.4 Å². The smallest absolute Gasteiger partial charge is 0.0795 e. The van der Waals surface area contributed by atoms with Gasteiger partial charge in [0.2, 0.25) is 0 Å². The molecular formula is C17H24O. The summed E-state index contributed by atoms with van der Waals surface area (Å²) in [6.45, 7) is 8.10. The zero-order valence-corrected chi connectivity index (χ0v) is 11.5. The maximum Gasteiger partial charge on any atom is 0.0795 e. The second-order valence-electron chi connectivity index (χ2n) is 5.02. The maximum absolute atomic E-state index is 10.2. The summed E-state index contributed by atoms with van der Waals surface area (Å²) >= 11 is 0.